The quantitative estimate of drug-likeness (QED) is 0.825. The minimum absolute atomic E-state index is 0.0586. The van der Waals surface area contributed by atoms with Gasteiger partial charge in [0.25, 0.3) is 5.91 Å². The summed E-state index contributed by atoms with van der Waals surface area (Å²) in [4.78, 5) is 22.6. The number of ether oxygens (including phenoxy) is 1. The van der Waals surface area contributed by atoms with Crippen molar-refractivity contribution >= 4 is 5.91 Å². The van der Waals surface area contributed by atoms with Gasteiger partial charge in [0.2, 0.25) is 5.88 Å². The predicted molar refractivity (Wildman–Crippen MR) is 108 cm³/mol. The zero-order valence-electron chi connectivity index (χ0n) is 16.5. The van der Waals surface area contributed by atoms with Crippen LogP contribution in [0.4, 0.5) is 0 Å². The number of rotatable bonds is 3. The standard InChI is InChI=1S/C23H27N3O2/c1-15-5-7-16(8-6-15)19-14-26(20-17-9-12-25(13-10-17)21(19)20)23(27)18-4-3-11-24-22(18)28-2/h3-8,11,17,19-21H,9-10,12-14H2,1-2H3/t19-,20+,21+/m0/s1. The van der Waals surface area contributed by atoms with E-state index in [1.807, 2.05) is 12.1 Å². The third kappa shape index (κ3) is 2.72. The van der Waals surface area contributed by atoms with E-state index >= 15 is 0 Å². The van der Waals surface area contributed by atoms with E-state index in [2.05, 4.69) is 46.0 Å². The van der Waals surface area contributed by atoms with Crippen molar-refractivity contribution in [1.29, 1.82) is 0 Å². The summed E-state index contributed by atoms with van der Waals surface area (Å²) in [6, 6.07) is 13.2. The fourth-order valence-corrected chi connectivity index (χ4v) is 5.63. The van der Waals surface area contributed by atoms with E-state index in [1.165, 1.54) is 24.0 Å². The van der Waals surface area contributed by atoms with Crippen LogP contribution in [0.25, 0.3) is 0 Å². The summed E-state index contributed by atoms with van der Waals surface area (Å²) in [5, 5.41) is 0. The zero-order valence-corrected chi connectivity index (χ0v) is 16.5. The molecular weight excluding hydrogens is 350 g/mol. The third-order valence-corrected chi connectivity index (χ3v) is 6.96. The molecule has 1 aromatic carbocycles. The molecule has 4 fully saturated rings. The van der Waals surface area contributed by atoms with Crippen LogP contribution < -0.4 is 4.74 Å². The van der Waals surface area contributed by atoms with E-state index in [-0.39, 0.29) is 11.9 Å². The molecule has 4 saturated heterocycles. The van der Waals surface area contributed by atoms with E-state index in [0.717, 1.165) is 19.6 Å². The number of piperidine rings is 3. The van der Waals surface area contributed by atoms with E-state index < -0.39 is 0 Å². The van der Waals surface area contributed by atoms with Gasteiger partial charge in [0.15, 0.2) is 0 Å². The number of nitrogens with zero attached hydrogens (tertiary/aromatic N) is 3. The number of methoxy groups -OCH3 is 1. The van der Waals surface area contributed by atoms with Gasteiger partial charge in [0.05, 0.1) is 13.2 Å². The second kappa shape index (κ2) is 6.89. The number of aromatic nitrogens is 1. The lowest BCUT2D eigenvalue weighted by Crippen LogP contribution is -2.60. The highest BCUT2D eigenvalue weighted by molar-refractivity contribution is 5.97. The van der Waals surface area contributed by atoms with Crippen LogP contribution in [0.2, 0.25) is 0 Å². The normalized spacial score (nSPS) is 30.9. The first-order valence-electron chi connectivity index (χ1n) is 10.3. The summed E-state index contributed by atoms with van der Waals surface area (Å²) in [7, 11) is 1.58. The Labute approximate surface area is 166 Å². The molecule has 0 aliphatic carbocycles. The van der Waals surface area contributed by atoms with Crippen LogP contribution >= 0.6 is 0 Å². The van der Waals surface area contributed by atoms with Crippen molar-refractivity contribution in [1.82, 2.24) is 14.8 Å². The molecular formula is C23H27N3O2. The molecule has 1 aromatic heterocycles. The first-order valence-corrected chi connectivity index (χ1v) is 10.3. The molecule has 4 aliphatic rings. The van der Waals surface area contributed by atoms with Gasteiger partial charge in [-0.3, -0.25) is 9.69 Å². The topological polar surface area (TPSA) is 45.7 Å². The minimum atomic E-state index is 0.0586. The minimum Gasteiger partial charge on any atom is -0.480 e. The monoisotopic (exact) mass is 377 g/mol. The number of pyridine rings is 1. The molecule has 5 nitrogen and oxygen atoms in total. The number of amides is 1. The summed E-state index contributed by atoms with van der Waals surface area (Å²) in [5.74, 6) is 1.44. The van der Waals surface area contributed by atoms with Crippen LogP contribution in [0.1, 0.15) is 40.2 Å². The predicted octanol–water partition coefficient (Wildman–Crippen LogP) is 3.10. The van der Waals surface area contributed by atoms with Crippen LogP contribution in [-0.2, 0) is 0 Å². The Balaban J connectivity index is 1.53. The molecule has 2 bridgehead atoms. The smallest absolute Gasteiger partial charge is 0.259 e. The molecule has 0 N–H and O–H groups in total. The zero-order chi connectivity index (χ0) is 19.3. The number of benzene rings is 1. The average molecular weight is 377 g/mol. The van der Waals surface area contributed by atoms with Gasteiger partial charge < -0.3 is 9.64 Å². The van der Waals surface area contributed by atoms with Gasteiger partial charge >= 0.3 is 0 Å². The molecule has 0 spiro atoms. The second-order valence-corrected chi connectivity index (χ2v) is 8.39. The lowest BCUT2D eigenvalue weighted by molar-refractivity contribution is -0.00350. The molecule has 0 unspecified atom stereocenters. The second-order valence-electron chi connectivity index (χ2n) is 8.39. The largest absolute Gasteiger partial charge is 0.480 e. The van der Waals surface area contributed by atoms with E-state index in [0.29, 0.717) is 29.3 Å². The Morgan fingerprint density at radius 3 is 2.57 bits per heavy atom. The van der Waals surface area contributed by atoms with Gasteiger partial charge in [-0.1, -0.05) is 29.8 Å². The molecule has 6 rings (SSSR count). The molecule has 28 heavy (non-hydrogen) atoms. The van der Waals surface area contributed by atoms with Crippen LogP contribution in [0.3, 0.4) is 0 Å². The van der Waals surface area contributed by atoms with Gasteiger partial charge in [0.1, 0.15) is 5.56 Å². The SMILES string of the molecule is COc1ncccc1C(=O)N1C[C@@H](c2ccc(C)cc2)[C@@H]2[C@H]1C1CCN2CC1. The molecule has 5 heterocycles. The van der Waals surface area contributed by atoms with Gasteiger partial charge in [-0.2, -0.15) is 0 Å². The van der Waals surface area contributed by atoms with Crippen molar-refractivity contribution in [2.45, 2.75) is 37.8 Å². The Morgan fingerprint density at radius 1 is 1.11 bits per heavy atom. The maximum Gasteiger partial charge on any atom is 0.259 e. The Bertz CT molecular complexity index is 874. The van der Waals surface area contributed by atoms with Gasteiger partial charge in [-0.25, -0.2) is 4.98 Å². The maximum absolute atomic E-state index is 13.6. The number of likely N-dealkylation sites (tertiary alicyclic amines) is 1. The third-order valence-electron chi connectivity index (χ3n) is 6.96. The number of hydrogen-bond acceptors (Lipinski definition) is 4. The van der Waals surface area contributed by atoms with Crippen molar-refractivity contribution in [3.63, 3.8) is 0 Å². The van der Waals surface area contributed by atoms with Crippen LogP contribution in [0, 0.1) is 12.8 Å². The first kappa shape index (κ1) is 17.7. The molecule has 146 valence electrons. The number of carbonyl (C=O) groups excluding carboxylic acids is 1. The Morgan fingerprint density at radius 2 is 1.86 bits per heavy atom. The van der Waals surface area contributed by atoms with Gasteiger partial charge in [-0.15, -0.1) is 0 Å². The number of fused-ring (bicyclic) bond motifs is 2. The van der Waals surface area contributed by atoms with E-state index in [1.54, 1.807) is 13.3 Å². The molecule has 0 radical (unpaired) electrons. The molecule has 1 amide bonds. The van der Waals surface area contributed by atoms with Crippen molar-refractivity contribution in [2.75, 3.05) is 26.7 Å². The molecule has 3 atom stereocenters. The van der Waals surface area contributed by atoms with Gasteiger partial charge in [-0.05, 0) is 56.5 Å². The lowest BCUT2D eigenvalue weighted by atomic mass is 9.75. The summed E-state index contributed by atoms with van der Waals surface area (Å²) >= 11 is 0. The van der Waals surface area contributed by atoms with Crippen molar-refractivity contribution in [3.05, 3.63) is 59.3 Å². The molecule has 5 heteroatoms. The first-order chi connectivity index (χ1) is 13.7. The summed E-state index contributed by atoms with van der Waals surface area (Å²) in [5.41, 5.74) is 3.20. The molecule has 2 aromatic rings. The summed E-state index contributed by atoms with van der Waals surface area (Å²) < 4.78 is 5.38. The van der Waals surface area contributed by atoms with Crippen LogP contribution in [0.5, 0.6) is 5.88 Å². The Hall–Kier alpha value is -2.40. The fraction of sp³-hybridized carbons (Fsp3) is 0.478. The maximum atomic E-state index is 13.6. The van der Waals surface area contributed by atoms with E-state index in [4.69, 9.17) is 4.74 Å². The summed E-state index contributed by atoms with van der Waals surface area (Å²) in [6.07, 6.45) is 4.05. The fourth-order valence-electron chi connectivity index (χ4n) is 5.63. The van der Waals surface area contributed by atoms with Crippen molar-refractivity contribution in [2.24, 2.45) is 5.92 Å². The molecule has 0 saturated carbocycles. The lowest BCUT2D eigenvalue weighted by Gasteiger charge is -2.51. The number of hydrogen-bond donors (Lipinski definition) is 0. The van der Waals surface area contributed by atoms with Crippen molar-refractivity contribution in [3.8, 4) is 5.88 Å². The molecule has 4 aliphatic heterocycles. The van der Waals surface area contributed by atoms with E-state index in [9.17, 15) is 4.79 Å². The van der Waals surface area contributed by atoms with Crippen LogP contribution in [-0.4, -0.2) is 59.5 Å². The number of aryl methyl sites for hydroxylation is 1. The highest BCUT2D eigenvalue weighted by atomic mass is 16.5. The summed E-state index contributed by atoms with van der Waals surface area (Å²) in [6.45, 7) is 5.21. The highest BCUT2D eigenvalue weighted by Crippen LogP contribution is 2.47. The van der Waals surface area contributed by atoms with Crippen molar-refractivity contribution < 1.29 is 9.53 Å². The van der Waals surface area contributed by atoms with Crippen LogP contribution in [0.15, 0.2) is 42.6 Å². The highest BCUT2D eigenvalue weighted by Gasteiger charge is 2.54. The Kier molecular flexibility index (Phi) is 4.35. The van der Waals surface area contributed by atoms with Gasteiger partial charge in [0, 0.05) is 24.7 Å². The number of carbonyl (C=O) groups is 1. The average Bonchev–Trinajstić information content (AvgIpc) is 3.17.